The number of aromatic amines is 1. The number of para-hydroxylation sites is 1. The van der Waals surface area contributed by atoms with Crippen LogP contribution < -0.4 is 4.74 Å². The van der Waals surface area contributed by atoms with Gasteiger partial charge in [-0.1, -0.05) is 24.6 Å². The number of hydrogen-bond acceptors (Lipinski definition) is 3. The van der Waals surface area contributed by atoms with E-state index in [1.54, 1.807) is 29.6 Å². The Morgan fingerprint density at radius 1 is 1.11 bits per heavy atom. The number of hydrogen-bond donors (Lipinski definition) is 1. The summed E-state index contributed by atoms with van der Waals surface area (Å²) in [7, 11) is -2.00. The molecule has 5 nitrogen and oxygen atoms in total. The summed E-state index contributed by atoms with van der Waals surface area (Å²) in [4.78, 5) is 3.75. The molecule has 1 saturated heterocycles. The van der Waals surface area contributed by atoms with E-state index in [1.807, 2.05) is 31.2 Å². The van der Waals surface area contributed by atoms with Crippen LogP contribution in [0, 0.1) is 6.92 Å². The van der Waals surface area contributed by atoms with Gasteiger partial charge >= 0.3 is 0 Å². The molecule has 3 aromatic rings. The van der Waals surface area contributed by atoms with Crippen LogP contribution >= 0.6 is 0 Å². The van der Waals surface area contributed by atoms with Crippen LogP contribution in [0.3, 0.4) is 0 Å². The van der Waals surface area contributed by atoms with Gasteiger partial charge in [0.1, 0.15) is 5.75 Å². The number of sulfonamides is 1. The minimum absolute atomic E-state index is 0.168. The molecule has 142 valence electrons. The van der Waals surface area contributed by atoms with Gasteiger partial charge in [0, 0.05) is 17.8 Å². The molecular weight excluding hydrogens is 360 g/mol. The average Bonchev–Trinajstić information content (AvgIpc) is 3.12. The van der Waals surface area contributed by atoms with Crippen molar-refractivity contribution in [3.8, 4) is 5.75 Å². The highest BCUT2D eigenvalue weighted by atomic mass is 32.2. The zero-order valence-electron chi connectivity index (χ0n) is 15.6. The summed E-state index contributed by atoms with van der Waals surface area (Å²) in [5.41, 5.74) is 2.82. The zero-order chi connectivity index (χ0) is 19.0. The highest BCUT2D eigenvalue weighted by Gasteiger charge is 2.35. The molecule has 1 N–H and O–H groups in total. The lowest BCUT2D eigenvalue weighted by Crippen LogP contribution is -2.38. The maximum atomic E-state index is 13.4. The average molecular weight is 385 g/mol. The Bertz CT molecular complexity index is 1040. The fourth-order valence-corrected chi connectivity index (χ4v) is 5.69. The van der Waals surface area contributed by atoms with E-state index in [4.69, 9.17) is 4.74 Å². The van der Waals surface area contributed by atoms with Crippen molar-refractivity contribution >= 4 is 20.9 Å². The Morgan fingerprint density at radius 2 is 1.93 bits per heavy atom. The van der Waals surface area contributed by atoms with Gasteiger partial charge in [-0.2, -0.15) is 4.31 Å². The van der Waals surface area contributed by atoms with Gasteiger partial charge in [-0.05, 0) is 61.0 Å². The van der Waals surface area contributed by atoms with Crippen LogP contribution in [0.2, 0.25) is 0 Å². The standard InChI is InChI=1S/C21H24N2O3S/c1-15-13-17(10-11-21(15)26-2)27(24,25)23-12-6-5-9-20(23)19-14-16-7-3-4-8-18(16)22-19/h3-4,7-8,10-11,13-14,20,22H,5-6,9,12H2,1-2H3. The first kappa shape index (κ1) is 18.1. The number of nitrogens with one attached hydrogen (secondary N) is 1. The highest BCUT2D eigenvalue weighted by Crippen LogP contribution is 2.37. The Kier molecular flexibility index (Phi) is 4.70. The summed E-state index contributed by atoms with van der Waals surface area (Å²) in [6, 6.07) is 15.0. The smallest absolute Gasteiger partial charge is 0.243 e. The predicted molar refractivity (Wildman–Crippen MR) is 107 cm³/mol. The van der Waals surface area contributed by atoms with Gasteiger partial charge in [-0.3, -0.25) is 0 Å². The van der Waals surface area contributed by atoms with Gasteiger partial charge in [-0.25, -0.2) is 8.42 Å². The minimum atomic E-state index is -3.59. The van der Waals surface area contributed by atoms with E-state index in [2.05, 4.69) is 11.1 Å². The van der Waals surface area contributed by atoms with Gasteiger partial charge in [0.15, 0.2) is 0 Å². The Labute approximate surface area is 160 Å². The molecule has 0 aliphatic carbocycles. The quantitative estimate of drug-likeness (QED) is 0.725. The maximum Gasteiger partial charge on any atom is 0.243 e. The summed E-state index contributed by atoms with van der Waals surface area (Å²) < 4.78 is 33.7. The first-order chi connectivity index (χ1) is 13.0. The second-order valence-corrected chi connectivity index (χ2v) is 8.96. The number of fused-ring (bicyclic) bond motifs is 1. The molecule has 0 saturated carbocycles. The van der Waals surface area contributed by atoms with Gasteiger partial charge in [0.05, 0.1) is 18.0 Å². The van der Waals surface area contributed by atoms with E-state index in [1.165, 1.54) is 0 Å². The number of aryl methyl sites for hydroxylation is 1. The van der Waals surface area contributed by atoms with Crippen molar-refractivity contribution in [3.05, 3.63) is 59.8 Å². The lowest BCUT2D eigenvalue weighted by atomic mass is 10.0. The molecule has 0 bridgehead atoms. The van der Waals surface area contributed by atoms with Crippen molar-refractivity contribution in [2.45, 2.75) is 37.1 Å². The van der Waals surface area contributed by atoms with Crippen LogP contribution in [0.4, 0.5) is 0 Å². The number of benzene rings is 2. The molecule has 2 heterocycles. The van der Waals surface area contributed by atoms with Crippen molar-refractivity contribution in [1.82, 2.24) is 9.29 Å². The molecule has 4 rings (SSSR count). The Morgan fingerprint density at radius 3 is 2.67 bits per heavy atom. The minimum Gasteiger partial charge on any atom is -0.496 e. The summed E-state index contributed by atoms with van der Waals surface area (Å²) in [5.74, 6) is 0.694. The maximum absolute atomic E-state index is 13.4. The monoisotopic (exact) mass is 384 g/mol. The molecule has 1 fully saturated rings. The molecule has 1 atom stereocenters. The number of ether oxygens (including phenoxy) is 1. The lowest BCUT2D eigenvalue weighted by molar-refractivity contribution is 0.252. The third-order valence-electron chi connectivity index (χ3n) is 5.34. The number of H-pyrrole nitrogens is 1. The fourth-order valence-electron chi connectivity index (χ4n) is 3.93. The Hall–Kier alpha value is -2.31. The third-order valence-corrected chi connectivity index (χ3v) is 7.24. The van der Waals surface area contributed by atoms with E-state index in [0.717, 1.165) is 41.4 Å². The summed E-state index contributed by atoms with van der Waals surface area (Å²) >= 11 is 0. The number of piperidine rings is 1. The fraction of sp³-hybridized carbons (Fsp3) is 0.333. The third kappa shape index (κ3) is 3.24. The van der Waals surface area contributed by atoms with Gasteiger partial charge in [0.25, 0.3) is 0 Å². The molecule has 2 aromatic carbocycles. The van der Waals surface area contributed by atoms with Gasteiger partial charge in [0.2, 0.25) is 10.0 Å². The van der Waals surface area contributed by atoms with Crippen molar-refractivity contribution in [2.24, 2.45) is 0 Å². The van der Waals surface area contributed by atoms with Crippen LogP contribution in [0.1, 0.15) is 36.6 Å². The van der Waals surface area contributed by atoms with Crippen LogP contribution in [-0.2, 0) is 10.0 Å². The summed E-state index contributed by atoms with van der Waals surface area (Å²) in [6.45, 7) is 2.40. The SMILES string of the molecule is COc1ccc(S(=O)(=O)N2CCCCC2c2cc3ccccc3[nH]2)cc1C. The molecule has 0 amide bonds. The van der Waals surface area contributed by atoms with Crippen molar-refractivity contribution < 1.29 is 13.2 Å². The predicted octanol–water partition coefficient (Wildman–Crippen LogP) is 4.40. The van der Waals surface area contributed by atoms with Crippen LogP contribution in [-0.4, -0.2) is 31.4 Å². The van der Waals surface area contributed by atoms with Crippen LogP contribution in [0.5, 0.6) is 5.75 Å². The second-order valence-electron chi connectivity index (χ2n) is 7.07. The molecule has 27 heavy (non-hydrogen) atoms. The number of nitrogens with zero attached hydrogens (tertiary/aromatic N) is 1. The van der Waals surface area contributed by atoms with Gasteiger partial charge < -0.3 is 9.72 Å². The van der Waals surface area contributed by atoms with E-state index in [-0.39, 0.29) is 6.04 Å². The topological polar surface area (TPSA) is 62.4 Å². The van der Waals surface area contributed by atoms with E-state index in [0.29, 0.717) is 17.2 Å². The summed E-state index contributed by atoms with van der Waals surface area (Å²) in [5, 5.41) is 1.11. The first-order valence-corrected chi connectivity index (χ1v) is 10.7. The number of aromatic nitrogens is 1. The van der Waals surface area contributed by atoms with Crippen LogP contribution in [0.15, 0.2) is 53.4 Å². The molecule has 6 heteroatoms. The summed E-state index contributed by atoms with van der Waals surface area (Å²) in [6.07, 6.45) is 2.72. The molecule has 0 spiro atoms. The van der Waals surface area contributed by atoms with Crippen molar-refractivity contribution in [1.29, 1.82) is 0 Å². The second kappa shape index (κ2) is 7.02. The largest absolute Gasteiger partial charge is 0.496 e. The van der Waals surface area contributed by atoms with E-state index < -0.39 is 10.0 Å². The highest BCUT2D eigenvalue weighted by molar-refractivity contribution is 7.89. The van der Waals surface area contributed by atoms with Crippen molar-refractivity contribution in [2.75, 3.05) is 13.7 Å². The molecule has 1 aliphatic heterocycles. The Balaban J connectivity index is 1.74. The molecule has 1 unspecified atom stereocenters. The number of rotatable bonds is 4. The van der Waals surface area contributed by atoms with Crippen LogP contribution in [0.25, 0.3) is 10.9 Å². The molecular formula is C21H24N2O3S. The zero-order valence-corrected chi connectivity index (χ0v) is 16.4. The molecule has 1 aromatic heterocycles. The van der Waals surface area contributed by atoms with Crippen molar-refractivity contribution in [3.63, 3.8) is 0 Å². The number of methoxy groups -OCH3 is 1. The van der Waals surface area contributed by atoms with Gasteiger partial charge in [-0.15, -0.1) is 0 Å². The van der Waals surface area contributed by atoms with E-state index >= 15 is 0 Å². The van der Waals surface area contributed by atoms with E-state index in [9.17, 15) is 8.42 Å². The molecule has 1 aliphatic rings. The molecule has 0 radical (unpaired) electrons. The first-order valence-electron chi connectivity index (χ1n) is 9.25. The normalized spacial score (nSPS) is 18.7. The lowest BCUT2D eigenvalue weighted by Gasteiger charge is -2.34.